The van der Waals surface area contributed by atoms with Crippen molar-refractivity contribution in [1.82, 2.24) is 4.90 Å². The molecule has 0 aliphatic rings. The van der Waals surface area contributed by atoms with Crippen LogP contribution in [0.1, 0.15) is 87.4 Å². The smallest absolute Gasteiger partial charge is 0.466 e. The van der Waals surface area contributed by atoms with E-state index in [1.54, 1.807) is 0 Å². The van der Waals surface area contributed by atoms with Crippen LogP contribution in [0.4, 0.5) is 5.69 Å². The second-order valence-corrected chi connectivity index (χ2v) is 10.9. The van der Waals surface area contributed by atoms with E-state index in [9.17, 15) is 4.79 Å². The Morgan fingerprint density at radius 2 is 1.48 bits per heavy atom. The summed E-state index contributed by atoms with van der Waals surface area (Å²) in [7, 11) is -4.64. The molecule has 3 aromatic rings. The van der Waals surface area contributed by atoms with Crippen LogP contribution in [0.15, 0.2) is 46.9 Å². The van der Waals surface area contributed by atoms with Gasteiger partial charge in [0.25, 0.3) is 0 Å². The van der Waals surface area contributed by atoms with Crippen molar-refractivity contribution in [2.75, 3.05) is 32.0 Å². The van der Waals surface area contributed by atoms with Crippen molar-refractivity contribution in [3.05, 3.63) is 59.4 Å². The second kappa shape index (κ2) is 17.2. The lowest BCUT2D eigenvalue weighted by Gasteiger charge is -2.21. The van der Waals surface area contributed by atoms with Gasteiger partial charge < -0.3 is 34.5 Å². The Bertz CT molecular complexity index is 1200. The third-order valence-corrected chi connectivity index (χ3v) is 6.43. The molecule has 1 heterocycles. The maximum atomic E-state index is 13.5. The lowest BCUT2D eigenvalue weighted by Crippen LogP contribution is -2.28. The standard InChI is InChI=1S/C30H42N2O3.H3O4P/c1-4-7-11-28-29(26-22-24(31)14-17-27(26)35-28)30(33)23-12-15-25(16-13-23)34-21-10-20-32(18-8-5-2)19-9-6-3;1-5(2,3)4/h12-17,22H,4-11,18-21,31H2,1-3H3;(H3,1,2,3,4). The van der Waals surface area contributed by atoms with Crippen molar-refractivity contribution in [2.45, 2.75) is 72.1 Å². The Labute approximate surface area is 237 Å². The number of nitrogen functional groups attached to an aromatic ring is 1. The van der Waals surface area contributed by atoms with Gasteiger partial charge in [-0.2, -0.15) is 0 Å². The number of hydrogen-bond donors (Lipinski definition) is 4. The number of carbonyl (C=O) groups excluding carboxylic acids is 1. The molecule has 3 rings (SSSR count). The third-order valence-electron chi connectivity index (χ3n) is 6.43. The lowest BCUT2D eigenvalue weighted by molar-refractivity contribution is 0.103. The van der Waals surface area contributed by atoms with Gasteiger partial charge in [0.1, 0.15) is 17.1 Å². The Morgan fingerprint density at radius 3 is 2.05 bits per heavy atom. The summed E-state index contributed by atoms with van der Waals surface area (Å²) in [6.07, 6.45) is 8.69. The second-order valence-electron chi connectivity index (χ2n) is 9.88. The highest BCUT2D eigenvalue weighted by molar-refractivity contribution is 7.45. The Balaban J connectivity index is 0.00000103. The van der Waals surface area contributed by atoms with Crippen molar-refractivity contribution in [2.24, 2.45) is 0 Å². The summed E-state index contributed by atoms with van der Waals surface area (Å²) in [6, 6.07) is 13.0. The molecule has 0 atom stereocenters. The number of nitrogens with two attached hydrogens (primary N) is 1. The van der Waals surface area contributed by atoms with Crippen molar-refractivity contribution >= 4 is 30.3 Å². The van der Waals surface area contributed by atoms with Gasteiger partial charge in [0, 0.05) is 29.6 Å². The first-order valence-corrected chi connectivity index (χ1v) is 15.7. The Kier molecular flexibility index (Phi) is 14.4. The van der Waals surface area contributed by atoms with Gasteiger partial charge in [0.2, 0.25) is 0 Å². The quantitative estimate of drug-likeness (QED) is 0.0664. The van der Waals surface area contributed by atoms with E-state index < -0.39 is 7.82 Å². The zero-order valence-corrected chi connectivity index (χ0v) is 24.9. The molecule has 0 amide bonds. The highest BCUT2D eigenvalue weighted by Gasteiger charge is 2.22. The fourth-order valence-corrected chi connectivity index (χ4v) is 4.35. The first-order valence-electron chi connectivity index (χ1n) is 14.2. The van der Waals surface area contributed by atoms with E-state index in [-0.39, 0.29) is 5.78 Å². The number of phosphoric acid groups is 1. The number of nitrogens with zero attached hydrogens (tertiary/aromatic N) is 1. The minimum Gasteiger partial charge on any atom is -0.494 e. The van der Waals surface area contributed by atoms with Gasteiger partial charge in [-0.25, -0.2) is 4.57 Å². The molecule has 1 aromatic heterocycles. The first kappa shape index (κ1) is 33.5. The number of ether oxygens (including phenoxy) is 1. The van der Waals surface area contributed by atoms with Crippen LogP contribution in [0.5, 0.6) is 5.75 Å². The molecule has 222 valence electrons. The van der Waals surface area contributed by atoms with Crippen LogP contribution in [-0.4, -0.2) is 51.6 Å². The normalized spacial score (nSPS) is 11.5. The number of anilines is 1. The highest BCUT2D eigenvalue weighted by atomic mass is 31.2. The maximum absolute atomic E-state index is 13.5. The maximum Gasteiger partial charge on any atom is 0.466 e. The highest BCUT2D eigenvalue weighted by Crippen LogP contribution is 2.31. The van der Waals surface area contributed by atoms with E-state index in [4.69, 9.17) is 34.1 Å². The number of aryl methyl sites for hydroxylation is 1. The lowest BCUT2D eigenvalue weighted by atomic mass is 9.98. The SMILES string of the molecule is CCCCc1oc2ccc(N)cc2c1C(=O)c1ccc(OCCCN(CCCC)CCCC)cc1.O=P(O)(O)O. The van der Waals surface area contributed by atoms with Crippen LogP contribution in [0.2, 0.25) is 0 Å². The van der Waals surface area contributed by atoms with E-state index in [1.165, 1.54) is 38.8 Å². The molecule has 40 heavy (non-hydrogen) atoms. The molecular formula is C30H45N2O7P. The average Bonchev–Trinajstić information content (AvgIpc) is 3.27. The third kappa shape index (κ3) is 11.8. The van der Waals surface area contributed by atoms with Gasteiger partial charge >= 0.3 is 7.82 Å². The number of carbonyl (C=O) groups is 1. The summed E-state index contributed by atoms with van der Waals surface area (Å²) in [6.45, 7) is 10.7. The number of unbranched alkanes of at least 4 members (excludes halogenated alkanes) is 3. The molecule has 9 nitrogen and oxygen atoms in total. The predicted octanol–water partition coefficient (Wildman–Crippen LogP) is 6.33. The molecule has 0 bridgehead atoms. The molecule has 10 heteroatoms. The van der Waals surface area contributed by atoms with Crippen molar-refractivity contribution < 1.29 is 33.2 Å². The van der Waals surface area contributed by atoms with E-state index in [0.29, 0.717) is 29.0 Å². The van der Waals surface area contributed by atoms with Crippen molar-refractivity contribution in [3.63, 3.8) is 0 Å². The van der Waals surface area contributed by atoms with Gasteiger partial charge in [-0.1, -0.05) is 40.0 Å². The molecule has 0 saturated heterocycles. The van der Waals surface area contributed by atoms with Crippen LogP contribution < -0.4 is 10.5 Å². The molecule has 0 saturated carbocycles. The minimum atomic E-state index is -4.64. The van der Waals surface area contributed by atoms with Gasteiger partial charge in [0.05, 0.1) is 12.2 Å². The predicted molar refractivity (Wildman–Crippen MR) is 160 cm³/mol. The van der Waals surface area contributed by atoms with E-state index in [1.807, 2.05) is 42.5 Å². The van der Waals surface area contributed by atoms with E-state index >= 15 is 0 Å². The van der Waals surface area contributed by atoms with Gasteiger partial charge in [-0.05, 0) is 81.2 Å². The molecule has 2 aromatic carbocycles. The molecule has 0 spiro atoms. The summed E-state index contributed by atoms with van der Waals surface area (Å²) in [5.41, 5.74) is 8.61. The molecule has 5 N–H and O–H groups in total. The summed E-state index contributed by atoms with van der Waals surface area (Å²) in [5, 5.41) is 0.789. The number of fused-ring (bicyclic) bond motifs is 1. The van der Waals surface area contributed by atoms with E-state index in [2.05, 4.69) is 25.7 Å². The topological polar surface area (TPSA) is 146 Å². The fourth-order valence-electron chi connectivity index (χ4n) is 4.35. The Morgan fingerprint density at radius 1 is 0.900 bits per heavy atom. The van der Waals surface area contributed by atoms with Crippen molar-refractivity contribution in [3.8, 4) is 5.75 Å². The summed E-state index contributed by atoms with van der Waals surface area (Å²) < 4.78 is 20.9. The van der Waals surface area contributed by atoms with Crippen LogP contribution in [0.3, 0.4) is 0 Å². The van der Waals surface area contributed by atoms with Crippen LogP contribution in [-0.2, 0) is 11.0 Å². The monoisotopic (exact) mass is 576 g/mol. The van der Waals surface area contributed by atoms with E-state index in [0.717, 1.165) is 49.1 Å². The summed E-state index contributed by atoms with van der Waals surface area (Å²) in [4.78, 5) is 37.6. The van der Waals surface area contributed by atoms with Crippen LogP contribution in [0, 0.1) is 0 Å². The Hall–Kier alpha value is -2.68. The fraction of sp³-hybridized carbons (Fsp3) is 0.500. The van der Waals surface area contributed by atoms with Crippen LogP contribution in [0.25, 0.3) is 11.0 Å². The van der Waals surface area contributed by atoms with Crippen LogP contribution >= 0.6 is 7.82 Å². The number of ketones is 1. The number of hydrogen-bond acceptors (Lipinski definition) is 6. The summed E-state index contributed by atoms with van der Waals surface area (Å²) >= 11 is 0. The zero-order chi connectivity index (χ0) is 29.5. The summed E-state index contributed by atoms with van der Waals surface area (Å²) in [5.74, 6) is 1.51. The number of rotatable bonds is 16. The largest absolute Gasteiger partial charge is 0.494 e. The minimum absolute atomic E-state index is 0.0329. The molecule has 0 aliphatic heterocycles. The molecule has 0 radical (unpaired) electrons. The molecule has 0 fully saturated rings. The average molecular weight is 577 g/mol. The van der Waals surface area contributed by atoms with Crippen molar-refractivity contribution in [1.29, 1.82) is 0 Å². The first-order chi connectivity index (χ1) is 19.1. The molecule has 0 aliphatic carbocycles. The number of benzene rings is 2. The van der Waals surface area contributed by atoms with Gasteiger partial charge in [-0.15, -0.1) is 0 Å². The van der Waals surface area contributed by atoms with Gasteiger partial charge in [-0.3, -0.25) is 4.79 Å². The van der Waals surface area contributed by atoms with Gasteiger partial charge in [0.15, 0.2) is 5.78 Å². The zero-order valence-electron chi connectivity index (χ0n) is 24.0. The molecular weight excluding hydrogens is 531 g/mol. The molecule has 0 unspecified atom stereocenters. The number of furan rings is 1.